The summed E-state index contributed by atoms with van der Waals surface area (Å²) >= 11 is 0. The molecule has 1 heterocycles. The van der Waals surface area contributed by atoms with Crippen LogP contribution in [-0.2, 0) is 11.3 Å². The van der Waals surface area contributed by atoms with Crippen LogP contribution in [0.3, 0.4) is 0 Å². The predicted molar refractivity (Wildman–Crippen MR) is 82.3 cm³/mol. The van der Waals surface area contributed by atoms with Gasteiger partial charge in [-0.3, -0.25) is 0 Å². The van der Waals surface area contributed by atoms with Gasteiger partial charge in [-0.1, -0.05) is 24.3 Å². The third-order valence-corrected chi connectivity index (χ3v) is 3.11. The number of rotatable bonds is 7. The Labute approximate surface area is 120 Å². The lowest BCUT2D eigenvalue weighted by Crippen LogP contribution is -2.18. The first-order chi connectivity index (χ1) is 9.81. The molecule has 1 N–H and O–H groups in total. The van der Waals surface area contributed by atoms with Crippen molar-refractivity contribution in [1.29, 1.82) is 0 Å². The minimum atomic E-state index is 0.724. The van der Waals surface area contributed by atoms with Crippen molar-refractivity contribution in [2.24, 2.45) is 0 Å². The highest BCUT2D eigenvalue weighted by atomic mass is 16.5. The summed E-state index contributed by atoms with van der Waals surface area (Å²) < 4.78 is 4.99. The molecule has 1 aromatic carbocycles. The summed E-state index contributed by atoms with van der Waals surface area (Å²) in [5, 5.41) is 3.30. The number of ether oxygens (including phenoxy) is 1. The number of nitrogens with zero attached hydrogens (tertiary/aromatic N) is 2. The van der Waals surface area contributed by atoms with Gasteiger partial charge in [0.2, 0.25) is 0 Å². The second-order valence-electron chi connectivity index (χ2n) is 4.59. The Morgan fingerprint density at radius 2 is 1.95 bits per heavy atom. The van der Waals surface area contributed by atoms with Crippen molar-refractivity contribution in [2.75, 3.05) is 32.2 Å². The standard InChI is InChI=1S/C16H21N3O/c1-19(15-6-4-3-5-7-15)16-9-8-14(13-18-16)12-17-10-11-20-2/h3-9,13,17H,10-12H2,1-2H3. The van der Waals surface area contributed by atoms with Crippen LogP contribution in [0.25, 0.3) is 0 Å². The molecule has 0 aliphatic rings. The van der Waals surface area contributed by atoms with E-state index in [-0.39, 0.29) is 0 Å². The minimum absolute atomic E-state index is 0.724. The van der Waals surface area contributed by atoms with Crippen molar-refractivity contribution in [3.63, 3.8) is 0 Å². The molecule has 0 unspecified atom stereocenters. The van der Waals surface area contributed by atoms with Gasteiger partial charge >= 0.3 is 0 Å². The monoisotopic (exact) mass is 271 g/mol. The van der Waals surface area contributed by atoms with E-state index < -0.39 is 0 Å². The van der Waals surface area contributed by atoms with Crippen molar-refractivity contribution in [2.45, 2.75) is 6.54 Å². The summed E-state index contributed by atoms with van der Waals surface area (Å²) in [6.45, 7) is 2.39. The van der Waals surface area contributed by atoms with Crippen LogP contribution in [0.15, 0.2) is 48.7 Å². The molecular weight excluding hydrogens is 250 g/mol. The third-order valence-electron chi connectivity index (χ3n) is 3.11. The number of hydrogen-bond donors (Lipinski definition) is 1. The molecule has 0 saturated heterocycles. The number of benzene rings is 1. The first-order valence-corrected chi connectivity index (χ1v) is 6.74. The van der Waals surface area contributed by atoms with E-state index in [2.05, 4.69) is 33.4 Å². The van der Waals surface area contributed by atoms with Gasteiger partial charge in [0.25, 0.3) is 0 Å². The Bertz CT molecular complexity index is 499. The molecule has 20 heavy (non-hydrogen) atoms. The van der Waals surface area contributed by atoms with Crippen LogP contribution in [-0.4, -0.2) is 32.3 Å². The predicted octanol–water partition coefficient (Wildman–Crippen LogP) is 2.59. The smallest absolute Gasteiger partial charge is 0.132 e. The largest absolute Gasteiger partial charge is 0.383 e. The van der Waals surface area contributed by atoms with Gasteiger partial charge in [-0.2, -0.15) is 0 Å². The average Bonchev–Trinajstić information content (AvgIpc) is 2.52. The summed E-state index contributed by atoms with van der Waals surface area (Å²) in [5.74, 6) is 0.942. The summed E-state index contributed by atoms with van der Waals surface area (Å²) in [4.78, 5) is 6.58. The summed E-state index contributed by atoms with van der Waals surface area (Å²) in [6, 6.07) is 14.4. The van der Waals surface area contributed by atoms with Gasteiger partial charge in [-0.25, -0.2) is 4.98 Å². The quantitative estimate of drug-likeness (QED) is 0.785. The molecule has 106 valence electrons. The van der Waals surface area contributed by atoms with Gasteiger partial charge in [-0.15, -0.1) is 0 Å². The average molecular weight is 271 g/mol. The summed E-state index contributed by atoms with van der Waals surface area (Å²) in [6.07, 6.45) is 1.91. The van der Waals surface area contributed by atoms with Crippen LogP contribution in [0, 0.1) is 0 Å². The first-order valence-electron chi connectivity index (χ1n) is 6.74. The van der Waals surface area contributed by atoms with Gasteiger partial charge in [0.1, 0.15) is 5.82 Å². The molecule has 0 aliphatic carbocycles. The van der Waals surface area contributed by atoms with Gasteiger partial charge in [0.15, 0.2) is 0 Å². The zero-order valence-corrected chi connectivity index (χ0v) is 12.0. The van der Waals surface area contributed by atoms with E-state index in [0.717, 1.165) is 31.2 Å². The second kappa shape index (κ2) is 7.62. The molecule has 4 heteroatoms. The van der Waals surface area contributed by atoms with Gasteiger partial charge in [0.05, 0.1) is 6.61 Å². The zero-order valence-electron chi connectivity index (χ0n) is 12.0. The highest BCUT2D eigenvalue weighted by molar-refractivity contribution is 5.58. The molecular formula is C16H21N3O. The minimum Gasteiger partial charge on any atom is -0.383 e. The van der Waals surface area contributed by atoms with Crippen LogP contribution in [0.4, 0.5) is 11.5 Å². The topological polar surface area (TPSA) is 37.4 Å². The molecule has 0 spiro atoms. The highest BCUT2D eigenvalue weighted by Gasteiger charge is 2.04. The number of aromatic nitrogens is 1. The lowest BCUT2D eigenvalue weighted by molar-refractivity contribution is 0.199. The number of methoxy groups -OCH3 is 1. The number of pyridine rings is 1. The molecule has 4 nitrogen and oxygen atoms in total. The van der Waals surface area contributed by atoms with Crippen molar-refractivity contribution < 1.29 is 4.74 Å². The van der Waals surface area contributed by atoms with Crippen LogP contribution in [0.5, 0.6) is 0 Å². The number of hydrogen-bond acceptors (Lipinski definition) is 4. The maximum absolute atomic E-state index is 4.99. The van der Waals surface area contributed by atoms with Crippen LogP contribution in [0.2, 0.25) is 0 Å². The molecule has 0 saturated carbocycles. The molecule has 0 amide bonds. The Balaban J connectivity index is 1.94. The Kier molecular flexibility index (Phi) is 5.53. The maximum Gasteiger partial charge on any atom is 0.132 e. The Hall–Kier alpha value is -1.91. The molecule has 1 aromatic heterocycles. The van der Waals surface area contributed by atoms with E-state index in [1.165, 1.54) is 5.56 Å². The SMILES string of the molecule is COCCNCc1ccc(N(C)c2ccccc2)nc1. The molecule has 0 fully saturated rings. The van der Waals surface area contributed by atoms with E-state index in [4.69, 9.17) is 4.74 Å². The molecule has 0 radical (unpaired) electrons. The van der Waals surface area contributed by atoms with Crippen molar-refractivity contribution in [1.82, 2.24) is 10.3 Å². The molecule has 0 aliphatic heterocycles. The van der Waals surface area contributed by atoms with Crippen LogP contribution in [0.1, 0.15) is 5.56 Å². The van der Waals surface area contributed by atoms with Crippen molar-refractivity contribution >= 4 is 11.5 Å². The summed E-state index contributed by atoms with van der Waals surface area (Å²) in [5.41, 5.74) is 2.30. The van der Waals surface area contributed by atoms with Crippen molar-refractivity contribution in [3.05, 3.63) is 54.2 Å². The Morgan fingerprint density at radius 1 is 1.15 bits per heavy atom. The number of anilines is 2. The number of nitrogens with one attached hydrogen (secondary N) is 1. The number of para-hydroxylation sites is 1. The third kappa shape index (κ3) is 4.05. The zero-order chi connectivity index (χ0) is 14.2. The highest BCUT2D eigenvalue weighted by Crippen LogP contribution is 2.20. The van der Waals surface area contributed by atoms with Crippen LogP contribution >= 0.6 is 0 Å². The second-order valence-corrected chi connectivity index (χ2v) is 4.59. The van der Waals surface area contributed by atoms with E-state index in [9.17, 15) is 0 Å². The molecule has 0 bridgehead atoms. The van der Waals surface area contributed by atoms with Crippen LogP contribution < -0.4 is 10.2 Å². The van der Waals surface area contributed by atoms with Gasteiger partial charge < -0.3 is 15.0 Å². The fourth-order valence-electron chi connectivity index (χ4n) is 1.91. The lowest BCUT2D eigenvalue weighted by atomic mass is 10.2. The normalized spacial score (nSPS) is 10.5. The molecule has 0 atom stereocenters. The van der Waals surface area contributed by atoms with Gasteiger partial charge in [-0.05, 0) is 23.8 Å². The van der Waals surface area contributed by atoms with E-state index >= 15 is 0 Å². The maximum atomic E-state index is 4.99. The Morgan fingerprint density at radius 3 is 2.60 bits per heavy atom. The molecule has 2 rings (SSSR count). The van der Waals surface area contributed by atoms with E-state index in [1.807, 2.05) is 37.5 Å². The fourth-order valence-corrected chi connectivity index (χ4v) is 1.91. The molecule has 2 aromatic rings. The lowest BCUT2D eigenvalue weighted by Gasteiger charge is -2.18. The van der Waals surface area contributed by atoms with E-state index in [1.54, 1.807) is 7.11 Å². The fraction of sp³-hybridized carbons (Fsp3) is 0.312. The van der Waals surface area contributed by atoms with Crippen molar-refractivity contribution in [3.8, 4) is 0 Å². The first kappa shape index (κ1) is 14.5. The van der Waals surface area contributed by atoms with E-state index in [0.29, 0.717) is 0 Å². The van der Waals surface area contributed by atoms with Gasteiger partial charge in [0, 0.05) is 39.1 Å². The summed E-state index contributed by atoms with van der Waals surface area (Å²) in [7, 11) is 3.73.